The van der Waals surface area contributed by atoms with E-state index < -0.39 is 24.0 Å². The quantitative estimate of drug-likeness (QED) is 0.682. The van der Waals surface area contributed by atoms with Gasteiger partial charge in [-0.25, -0.2) is 4.79 Å². The van der Waals surface area contributed by atoms with Gasteiger partial charge in [-0.1, -0.05) is 6.07 Å². The zero-order chi connectivity index (χ0) is 20.2. The number of anilines is 1. The van der Waals surface area contributed by atoms with Gasteiger partial charge in [0, 0.05) is 11.9 Å². The summed E-state index contributed by atoms with van der Waals surface area (Å²) in [5.74, 6) is -4.02. The monoisotopic (exact) mass is 381 g/mol. The van der Waals surface area contributed by atoms with E-state index in [0.29, 0.717) is 11.3 Å². The summed E-state index contributed by atoms with van der Waals surface area (Å²) in [6, 6.07) is 9.54. The van der Waals surface area contributed by atoms with Crippen molar-refractivity contribution in [1.29, 1.82) is 0 Å². The molecule has 0 atom stereocenters. The average molecular weight is 381 g/mol. The molecule has 0 aliphatic carbocycles. The maximum Gasteiger partial charge on any atom is 0.490 e. The molecule has 0 bridgehead atoms. The van der Waals surface area contributed by atoms with Crippen molar-refractivity contribution in [2.45, 2.75) is 6.18 Å². The van der Waals surface area contributed by atoms with Gasteiger partial charge in [0.2, 0.25) is 0 Å². The number of hydrogen-bond donors (Lipinski definition) is 3. The van der Waals surface area contributed by atoms with Crippen molar-refractivity contribution in [3.05, 3.63) is 59.4 Å². The third kappa shape index (κ3) is 4.87. The van der Waals surface area contributed by atoms with Crippen LogP contribution in [0.1, 0.15) is 31.2 Å². The van der Waals surface area contributed by atoms with Crippen molar-refractivity contribution < 1.29 is 37.5 Å². The number of alkyl halides is 3. The molecule has 0 spiro atoms. The Morgan fingerprint density at radius 3 is 2.22 bits per heavy atom. The minimum Gasteiger partial charge on any atom is -0.475 e. The highest BCUT2D eigenvalue weighted by Crippen LogP contribution is 2.20. The summed E-state index contributed by atoms with van der Waals surface area (Å²) in [5.41, 5.74) is 1.28. The molecule has 2 heterocycles. The fourth-order valence-electron chi connectivity index (χ4n) is 1.94. The SMILES string of the molecule is O=C(Nc1ccc2c(c1)C(=O)NC2=O)c1ccccn1.O=C(O)C(F)(F)F. The van der Waals surface area contributed by atoms with Gasteiger partial charge in [-0.2, -0.15) is 13.2 Å². The van der Waals surface area contributed by atoms with Crippen LogP contribution in [0.25, 0.3) is 0 Å². The number of imide groups is 1. The molecular formula is C16H10F3N3O5. The minimum atomic E-state index is -5.08. The zero-order valence-electron chi connectivity index (χ0n) is 13.2. The molecule has 0 radical (unpaired) electrons. The summed E-state index contributed by atoms with van der Waals surface area (Å²) >= 11 is 0. The Balaban J connectivity index is 0.000000321. The number of carboxylic acids is 1. The Hall–Kier alpha value is -3.76. The number of hydrogen-bond acceptors (Lipinski definition) is 5. The molecule has 1 aliphatic rings. The number of carboxylic acid groups (broad SMARTS) is 1. The van der Waals surface area contributed by atoms with Crippen LogP contribution in [0.2, 0.25) is 0 Å². The fourth-order valence-corrected chi connectivity index (χ4v) is 1.94. The summed E-state index contributed by atoms with van der Waals surface area (Å²) in [7, 11) is 0. The van der Waals surface area contributed by atoms with E-state index in [1.165, 1.54) is 18.3 Å². The van der Waals surface area contributed by atoms with Crippen LogP contribution in [0.15, 0.2) is 42.6 Å². The number of rotatable bonds is 2. The molecule has 3 N–H and O–H groups in total. The predicted molar refractivity (Wildman–Crippen MR) is 84.1 cm³/mol. The third-order valence-electron chi connectivity index (χ3n) is 3.13. The van der Waals surface area contributed by atoms with E-state index in [-0.39, 0.29) is 17.2 Å². The van der Waals surface area contributed by atoms with Gasteiger partial charge in [0.1, 0.15) is 5.69 Å². The molecule has 3 rings (SSSR count). The number of nitrogens with one attached hydrogen (secondary N) is 2. The van der Waals surface area contributed by atoms with Crippen LogP contribution < -0.4 is 10.6 Å². The highest BCUT2D eigenvalue weighted by molar-refractivity contribution is 6.22. The number of benzene rings is 1. The highest BCUT2D eigenvalue weighted by Gasteiger charge is 2.38. The molecule has 3 amide bonds. The van der Waals surface area contributed by atoms with Crippen LogP contribution in [-0.2, 0) is 4.79 Å². The minimum absolute atomic E-state index is 0.258. The van der Waals surface area contributed by atoms with Gasteiger partial charge in [-0.3, -0.25) is 24.7 Å². The molecular weight excluding hydrogens is 371 g/mol. The Labute approximate surface area is 149 Å². The molecule has 0 unspecified atom stereocenters. The number of aromatic nitrogens is 1. The van der Waals surface area contributed by atoms with Crippen molar-refractivity contribution in [3.8, 4) is 0 Å². The third-order valence-corrected chi connectivity index (χ3v) is 3.13. The molecule has 0 saturated heterocycles. The first-order chi connectivity index (χ1) is 12.6. The zero-order valence-corrected chi connectivity index (χ0v) is 13.2. The van der Waals surface area contributed by atoms with E-state index in [1.54, 1.807) is 24.3 Å². The number of carbonyl (C=O) groups excluding carboxylic acids is 3. The lowest BCUT2D eigenvalue weighted by molar-refractivity contribution is -0.192. The Morgan fingerprint density at radius 2 is 1.67 bits per heavy atom. The largest absolute Gasteiger partial charge is 0.490 e. The van der Waals surface area contributed by atoms with Crippen molar-refractivity contribution in [3.63, 3.8) is 0 Å². The normalized spacial score (nSPS) is 12.4. The van der Waals surface area contributed by atoms with Gasteiger partial charge in [-0.15, -0.1) is 0 Å². The van der Waals surface area contributed by atoms with E-state index >= 15 is 0 Å². The highest BCUT2D eigenvalue weighted by atomic mass is 19.4. The van der Waals surface area contributed by atoms with Gasteiger partial charge >= 0.3 is 12.1 Å². The number of amides is 3. The molecule has 140 valence electrons. The van der Waals surface area contributed by atoms with Gasteiger partial charge in [0.05, 0.1) is 11.1 Å². The lowest BCUT2D eigenvalue weighted by Crippen LogP contribution is -2.21. The molecule has 2 aromatic rings. The van der Waals surface area contributed by atoms with Crippen LogP contribution >= 0.6 is 0 Å². The molecule has 8 nitrogen and oxygen atoms in total. The van der Waals surface area contributed by atoms with Crippen molar-refractivity contribution in [2.75, 3.05) is 5.32 Å². The first-order valence-corrected chi connectivity index (χ1v) is 7.12. The Morgan fingerprint density at radius 1 is 1.04 bits per heavy atom. The van der Waals surface area contributed by atoms with Crippen LogP contribution in [0.3, 0.4) is 0 Å². The second-order valence-corrected chi connectivity index (χ2v) is 5.02. The maximum absolute atomic E-state index is 11.9. The smallest absolute Gasteiger partial charge is 0.475 e. The number of fused-ring (bicyclic) bond motifs is 1. The van der Waals surface area contributed by atoms with Crippen LogP contribution in [0, 0.1) is 0 Å². The predicted octanol–water partition coefficient (Wildman–Crippen LogP) is 1.85. The van der Waals surface area contributed by atoms with E-state index in [0.717, 1.165) is 0 Å². The average Bonchev–Trinajstić information content (AvgIpc) is 2.89. The summed E-state index contributed by atoms with van der Waals surface area (Å²) in [6.45, 7) is 0. The number of aliphatic carboxylic acids is 1. The van der Waals surface area contributed by atoms with Gasteiger partial charge < -0.3 is 10.4 Å². The lowest BCUT2D eigenvalue weighted by Gasteiger charge is -2.05. The molecule has 1 aromatic heterocycles. The van der Waals surface area contributed by atoms with Crippen LogP contribution in [-0.4, -0.2) is 40.0 Å². The first kappa shape index (κ1) is 19.6. The molecule has 1 aliphatic heterocycles. The number of pyridine rings is 1. The van der Waals surface area contributed by atoms with Crippen molar-refractivity contribution in [2.24, 2.45) is 0 Å². The summed E-state index contributed by atoms with van der Waals surface area (Å²) < 4.78 is 31.7. The summed E-state index contributed by atoms with van der Waals surface area (Å²) in [6.07, 6.45) is -3.57. The van der Waals surface area contributed by atoms with Gasteiger partial charge in [0.25, 0.3) is 17.7 Å². The Bertz CT molecular complexity index is 913. The molecule has 11 heteroatoms. The number of nitrogens with zero attached hydrogens (tertiary/aromatic N) is 1. The number of halogens is 3. The maximum atomic E-state index is 11.9. The summed E-state index contributed by atoms with van der Waals surface area (Å²) in [5, 5.41) is 11.9. The molecule has 0 fully saturated rings. The molecule has 0 saturated carbocycles. The van der Waals surface area contributed by atoms with E-state index in [9.17, 15) is 27.6 Å². The Kier molecular flexibility index (Phi) is 5.54. The molecule has 27 heavy (non-hydrogen) atoms. The first-order valence-electron chi connectivity index (χ1n) is 7.12. The summed E-state index contributed by atoms with van der Waals surface area (Å²) in [4.78, 5) is 47.7. The standard InChI is InChI=1S/C14H9N3O3.C2HF3O2/c18-12-9-5-4-8(7-10(9)13(19)17-12)16-14(20)11-3-1-2-6-15-11;3-2(4,5)1(6)7/h1-7H,(H,16,20)(H,17,18,19);(H,6,7). The second-order valence-electron chi connectivity index (χ2n) is 5.02. The van der Waals surface area contributed by atoms with E-state index in [2.05, 4.69) is 15.6 Å². The fraction of sp³-hybridized carbons (Fsp3) is 0.0625. The lowest BCUT2D eigenvalue weighted by atomic mass is 10.1. The topological polar surface area (TPSA) is 125 Å². The van der Waals surface area contributed by atoms with Crippen LogP contribution in [0.4, 0.5) is 18.9 Å². The van der Waals surface area contributed by atoms with Crippen molar-refractivity contribution in [1.82, 2.24) is 10.3 Å². The van der Waals surface area contributed by atoms with Crippen LogP contribution in [0.5, 0.6) is 0 Å². The van der Waals surface area contributed by atoms with E-state index in [4.69, 9.17) is 9.90 Å². The second kappa shape index (κ2) is 7.64. The van der Waals surface area contributed by atoms with Gasteiger partial charge in [0.15, 0.2) is 0 Å². The molecule has 1 aromatic carbocycles. The number of carbonyl (C=O) groups is 4. The van der Waals surface area contributed by atoms with Crippen molar-refractivity contribution >= 4 is 29.4 Å². The van der Waals surface area contributed by atoms with E-state index in [1.807, 2.05) is 0 Å². The van der Waals surface area contributed by atoms with Gasteiger partial charge in [-0.05, 0) is 30.3 Å².